The topological polar surface area (TPSA) is 67.9 Å². The smallest absolute Gasteiger partial charge is 0.242 e. The minimum absolute atomic E-state index is 0.0195. The van der Waals surface area contributed by atoms with Crippen molar-refractivity contribution in [3.8, 4) is 11.5 Å². The molecule has 2 rings (SSSR count). The molecule has 0 bridgehead atoms. The van der Waals surface area contributed by atoms with E-state index in [2.05, 4.69) is 5.32 Å². The standard InChI is InChI=1S/C26H35FN2O4/c1-6-32-23-14-12-20(16-24(23)33-7-2)13-15-25(30)29(19(5)26(31)28-18(3)4)17-21-10-8-9-11-22(21)27/h8-12,14,16,18-19H,6-7,13,15,17H2,1-5H3,(H,28,31). The molecule has 0 radical (unpaired) electrons. The van der Waals surface area contributed by atoms with Gasteiger partial charge in [0.05, 0.1) is 13.2 Å². The highest BCUT2D eigenvalue weighted by atomic mass is 19.1. The Morgan fingerprint density at radius 1 is 1.00 bits per heavy atom. The fraction of sp³-hybridized carbons (Fsp3) is 0.462. The van der Waals surface area contributed by atoms with E-state index in [1.165, 1.54) is 11.0 Å². The first-order chi connectivity index (χ1) is 15.8. The highest BCUT2D eigenvalue weighted by Gasteiger charge is 2.27. The van der Waals surface area contributed by atoms with Crippen molar-refractivity contribution in [2.75, 3.05) is 13.2 Å². The van der Waals surface area contributed by atoms with Gasteiger partial charge in [-0.05, 0) is 64.8 Å². The largest absolute Gasteiger partial charge is 0.490 e. The minimum atomic E-state index is -0.737. The van der Waals surface area contributed by atoms with E-state index in [-0.39, 0.29) is 30.8 Å². The predicted molar refractivity (Wildman–Crippen MR) is 127 cm³/mol. The second-order valence-electron chi connectivity index (χ2n) is 8.10. The Labute approximate surface area is 196 Å². The molecule has 6 nitrogen and oxygen atoms in total. The van der Waals surface area contributed by atoms with Crippen LogP contribution in [0.2, 0.25) is 0 Å². The van der Waals surface area contributed by atoms with E-state index in [1.54, 1.807) is 25.1 Å². The van der Waals surface area contributed by atoms with E-state index in [1.807, 2.05) is 45.9 Å². The summed E-state index contributed by atoms with van der Waals surface area (Å²) in [5.41, 5.74) is 1.29. The van der Waals surface area contributed by atoms with Crippen LogP contribution in [-0.4, -0.2) is 42.0 Å². The predicted octanol–water partition coefficient (Wildman–Crippen LogP) is 4.50. The SMILES string of the molecule is CCOc1ccc(CCC(=O)N(Cc2ccccc2F)C(C)C(=O)NC(C)C)cc1OCC. The van der Waals surface area contributed by atoms with Gasteiger partial charge in [-0.25, -0.2) is 4.39 Å². The first-order valence-electron chi connectivity index (χ1n) is 11.5. The summed E-state index contributed by atoms with van der Waals surface area (Å²) in [5.74, 6) is 0.400. The van der Waals surface area contributed by atoms with Crippen LogP contribution in [0.4, 0.5) is 4.39 Å². The number of nitrogens with one attached hydrogen (secondary N) is 1. The number of ether oxygens (including phenoxy) is 2. The molecule has 0 aliphatic carbocycles. The number of hydrogen-bond donors (Lipinski definition) is 1. The van der Waals surface area contributed by atoms with E-state index in [9.17, 15) is 14.0 Å². The first-order valence-corrected chi connectivity index (χ1v) is 11.5. The summed E-state index contributed by atoms with van der Waals surface area (Å²) in [7, 11) is 0. The molecule has 7 heteroatoms. The zero-order valence-corrected chi connectivity index (χ0v) is 20.2. The van der Waals surface area contributed by atoms with E-state index in [4.69, 9.17) is 9.47 Å². The van der Waals surface area contributed by atoms with Crippen molar-refractivity contribution in [2.24, 2.45) is 0 Å². The zero-order chi connectivity index (χ0) is 24.4. The summed E-state index contributed by atoms with van der Waals surface area (Å²) in [6, 6.07) is 11.1. The highest BCUT2D eigenvalue weighted by molar-refractivity contribution is 5.87. The summed E-state index contributed by atoms with van der Waals surface area (Å²) >= 11 is 0. The van der Waals surface area contributed by atoms with Crippen LogP contribution in [-0.2, 0) is 22.6 Å². The van der Waals surface area contributed by atoms with Gasteiger partial charge in [0.2, 0.25) is 11.8 Å². The molecule has 33 heavy (non-hydrogen) atoms. The van der Waals surface area contributed by atoms with Crippen LogP contribution in [0.3, 0.4) is 0 Å². The molecule has 0 saturated heterocycles. The Hall–Kier alpha value is -3.09. The Morgan fingerprint density at radius 3 is 2.30 bits per heavy atom. The number of hydrogen-bond acceptors (Lipinski definition) is 4. The fourth-order valence-electron chi connectivity index (χ4n) is 3.44. The summed E-state index contributed by atoms with van der Waals surface area (Å²) in [6.45, 7) is 10.2. The molecule has 2 amide bonds. The van der Waals surface area contributed by atoms with Crippen molar-refractivity contribution in [3.05, 3.63) is 59.4 Å². The summed E-state index contributed by atoms with van der Waals surface area (Å²) < 4.78 is 25.6. The van der Waals surface area contributed by atoms with Crippen LogP contribution in [0.15, 0.2) is 42.5 Å². The van der Waals surface area contributed by atoms with E-state index < -0.39 is 11.9 Å². The Morgan fingerprint density at radius 2 is 1.67 bits per heavy atom. The van der Waals surface area contributed by atoms with Gasteiger partial charge in [-0.3, -0.25) is 9.59 Å². The van der Waals surface area contributed by atoms with Gasteiger partial charge < -0.3 is 19.7 Å². The molecular weight excluding hydrogens is 423 g/mol. The van der Waals surface area contributed by atoms with Gasteiger partial charge in [0.1, 0.15) is 11.9 Å². The third-order valence-electron chi connectivity index (χ3n) is 5.13. The maximum absolute atomic E-state index is 14.3. The van der Waals surface area contributed by atoms with Gasteiger partial charge in [0, 0.05) is 24.6 Å². The molecule has 180 valence electrons. The van der Waals surface area contributed by atoms with Crippen LogP contribution in [0.5, 0.6) is 11.5 Å². The van der Waals surface area contributed by atoms with Crippen molar-refractivity contribution in [1.29, 1.82) is 0 Å². The zero-order valence-electron chi connectivity index (χ0n) is 20.2. The van der Waals surface area contributed by atoms with Crippen LogP contribution in [0.1, 0.15) is 52.2 Å². The maximum Gasteiger partial charge on any atom is 0.242 e. The number of carbonyl (C=O) groups excluding carboxylic acids is 2. The number of nitrogens with zero attached hydrogens (tertiary/aromatic N) is 1. The first kappa shape index (κ1) is 26.2. The van der Waals surface area contributed by atoms with Gasteiger partial charge in [-0.1, -0.05) is 24.3 Å². The third-order valence-corrected chi connectivity index (χ3v) is 5.13. The summed E-state index contributed by atoms with van der Waals surface area (Å²) in [4.78, 5) is 27.3. The number of amides is 2. The molecule has 0 aliphatic heterocycles. The molecule has 1 unspecified atom stereocenters. The van der Waals surface area contributed by atoms with E-state index >= 15 is 0 Å². The Balaban J connectivity index is 2.19. The maximum atomic E-state index is 14.3. The Kier molecular flexibility index (Phi) is 10.2. The lowest BCUT2D eigenvalue weighted by molar-refractivity contribution is -0.140. The summed E-state index contributed by atoms with van der Waals surface area (Å²) in [5, 5.41) is 2.83. The molecule has 0 aromatic heterocycles. The Bertz CT molecular complexity index is 932. The lowest BCUT2D eigenvalue weighted by atomic mass is 10.1. The molecule has 2 aromatic carbocycles. The van der Waals surface area contributed by atoms with Crippen molar-refractivity contribution in [2.45, 2.75) is 66.1 Å². The van der Waals surface area contributed by atoms with Crippen molar-refractivity contribution >= 4 is 11.8 Å². The molecular formula is C26H35FN2O4. The van der Waals surface area contributed by atoms with Gasteiger partial charge in [0.25, 0.3) is 0 Å². The molecule has 1 atom stereocenters. The average molecular weight is 459 g/mol. The van der Waals surface area contributed by atoms with E-state index in [0.717, 1.165) is 5.56 Å². The second-order valence-corrected chi connectivity index (χ2v) is 8.10. The van der Waals surface area contributed by atoms with Crippen molar-refractivity contribution < 1.29 is 23.5 Å². The minimum Gasteiger partial charge on any atom is -0.490 e. The number of aryl methyl sites for hydroxylation is 1. The van der Waals surface area contributed by atoms with Gasteiger partial charge in [0.15, 0.2) is 11.5 Å². The molecule has 0 aliphatic rings. The second kappa shape index (κ2) is 12.8. The van der Waals surface area contributed by atoms with Gasteiger partial charge in [-0.15, -0.1) is 0 Å². The van der Waals surface area contributed by atoms with Crippen LogP contribution >= 0.6 is 0 Å². The van der Waals surface area contributed by atoms with Crippen LogP contribution in [0, 0.1) is 5.82 Å². The van der Waals surface area contributed by atoms with Gasteiger partial charge >= 0.3 is 0 Å². The molecule has 1 N–H and O–H groups in total. The monoisotopic (exact) mass is 458 g/mol. The van der Waals surface area contributed by atoms with Crippen LogP contribution < -0.4 is 14.8 Å². The molecule has 0 heterocycles. The fourth-order valence-corrected chi connectivity index (χ4v) is 3.44. The number of carbonyl (C=O) groups is 2. The molecule has 0 fully saturated rings. The molecule has 0 saturated carbocycles. The van der Waals surface area contributed by atoms with Crippen LogP contribution in [0.25, 0.3) is 0 Å². The number of rotatable bonds is 12. The number of halogens is 1. The lowest BCUT2D eigenvalue weighted by Crippen LogP contribution is -2.49. The highest BCUT2D eigenvalue weighted by Crippen LogP contribution is 2.29. The number of benzene rings is 2. The summed E-state index contributed by atoms with van der Waals surface area (Å²) in [6.07, 6.45) is 0.630. The van der Waals surface area contributed by atoms with Crippen molar-refractivity contribution in [3.63, 3.8) is 0 Å². The van der Waals surface area contributed by atoms with Gasteiger partial charge in [-0.2, -0.15) is 0 Å². The molecule has 2 aromatic rings. The normalized spacial score (nSPS) is 11.7. The van der Waals surface area contributed by atoms with Crippen molar-refractivity contribution in [1.82, 2.24) is 10.2 Å². The lowest BCUT2D eigenvalue weighted by Gasteiger charge is -2.29. The third kappa shape index (κ3) is 7.77. The quantitative estimate of drug-likeness (QED) is 0.509. The van der Waals surface area contributed by atoms with E-state index in [0.29, 0.717) is 36.7 Å². The average Bonchev–Trinajstić information content (AvgIpc) is 2.78. The molecule has 0 spiro atoms.